The highest BCUT2D eigenvalue weighted by molar-refractivity contribution is 7.99. The molecule has 1 saturated carbocycles. The average Bonchev–Trinajstić information content (AvgIpc) is 4.17. The first-order valence-corrected chi connectivity index (χ1v) is 26.7. The van der Waals surface area contributed by atoms with Crippen molar-refractivity contribution in [2.45, 2.75) is 90.7 Å². The SMILES string of the molecule is CC(c1ccccc1-c1ccc(Cl)cc1)N1CCC(N2CCc3c(ncnc3NS(=O)(=O)c3ccc(C[C@@](CCN(C)C)(CSc4ccccc4)C4CC4)c(S(=O)(=O)C(F)(F)F)c3)C2)CC1. The number of piperidine rings is 1. The van der Waals surface area contributed by atoms with Crippen LogP contribution in [0.4, 0.5) is 19.0 Å². The van der Waals surface area contributed by atoms with E-state index in [4.69, 9.17) is 11.6 Å². The van der Waals surface area contributed by atoms with Crippen molar-refractivity contribution in [2.75, 3.05) is 50.7 Å². The Morgan fingerprint density at radius 1 is 0.879 bits per heavy atom. The molecule has 17 heteroatoms. The van der Waals surface area contributed by atoms with E-state index in [1.54, 1.807) is 11.8 Å². The fourth-order valence-electron chi connectivity index (χ4n) is 9.71. The molecule has 1 N–H and O–H groups in total. The fraction of sp³-hybridized carbons (Fsp3) is 0.429. The minimum atomic E-state index is -5.96. The van der Waals surface area contributed by atoms with Gasteiger partial charge in [-0.15, -0.1) is 11.8 Å². The monoisotopic (exact) mass is 980 g/mol. The highest BCUT2D eigenvalue weighted by Crippen LogP contribution is 2.53. The van der Waals surface area contributed by atoms with Gasteiger partial charge in [-0.1, -0.05) is 72.3 Å². The Bertz CT molecular complexity index is 2720. The molecule has 0 radical (unpaired) electrons. The van der Waals surface area contributed by atoms with Gasteiger partial charge in [0.15, 0.2) is 0 Å². The normalized spacial score (nSPS) is 18.2. The number of anilines is 1. The molecule has 3 aliphatic rings. The summed E-state index contributed by atoms with van der Waals surface area (Å²) >= 11 is 7.78. The Labute approximate surface area is 396 Å². The summed E-state index contributed by atoms with van der Waals surface area (Å²) in [6.45, 7) is 5.80. The van der Waals surface area contributed by atoms with Crippen LogP contribution in [0.25, 0.3) is 11.1 Å². The smallest absolute Gasteiger partial charge is 0.309 e. The number of likely N-dealkylation sites (tertiary alicyclic amines) is 1. The molecule has 4 aromatic carbocycles. The van der Waals surface area contributed by atoms with Gasteiger partial charge in [0.25, 0.3) is 19.9 Å². The highest BCUT2D eigenvalue weighted by atomic mass is 35.5. The predicted molar refractivity (Wildman–Crippen MR) is 256 cm³/mol. The number of hydrogen-bond acceptors (Lipinski definition) is 10. The van der Waals surface area contributed by atoms with E-state index in [-0.39, 0.29) is 35.8 Å². The highest BCUT2D eigenvalue weighted by Gasteiger charge is 2.50. The Morgan fingerprint density at radius 3 is 2.26 bits per heavy atom. The summed E-state index contributed by atoms with van der Waals surface area (Å²) in [4.78, 5) is 15.1. The molecule has 5 aromatic rings. The minimum Gasteiger partial charge on any atom is -0.309 e. The lowest BCUT2D eigenvalue weighted by Crippen LogP contribution is -2.47. The van der Waals surface area contributed by atoms with Crippen molar-refractivity contribution in [3.05, 3.63) is 131 Å². The number of sulfonamides is 1. The molecule has 0 amide bonds. The van der Waals surface area contributed by atoms with Crippen LogP contribution >= 0.6 is 23.4 Å². The number of sulfone groups is 1. The zero-order valence-electron chi connectivity index (χ0n) is 37.3. The van der Waals surface area contributed by atoms with Crippen molar-refractivity contribution < 1.29 is 30.0 Å². The number of nitrogens with one attached hydrogen (secondary N) is 1. The lowest BCUT2D eigenvalue weighted by molar-refractivity contribution is -0.0436. The largest absolute Gasteiger partial charge is 0.501 e. The third-order valence-electron chi connectivity index (χ3n) is 13.7. The van der Waals surface area contributed by atoms with E-state index < -0.39 is 40.6 Å². The van der Waals surface area contributed by atoms with Crippen LogP contribution in [0.3, 0.4) is 0 Å². The summed E-state index contributed by atoms with van der Waals surface area (Å²) in [6.07, 6.45) is 6.02. The molecular weight excluding hydrogens is 925 g/mol. The molecule has 1 aliphatic carbocycles. The number of halogens is 4. The number of rotatable bonds is 17. The molecule has 1 aromatic heterocycles. The second-order valence-corrected chi connectivity index (χ2v) is 23.3. The average molecular weight is 982 g/mol. The molecule has 0 spiro atoms. The molecular formula is C49H56ClF3N6O4S3. The summed E-state index contributed by atoms with van der Waals surface area (Å²) in [5.74, 6) is 0.755. The molecule has 0 bridgehead atoms. The van der Waals surface area contributed by atoms with Gasteiger partial charge in [-0.2, -0.15) is 13.2 Å². The van der Waals surface area contributed by atoms with Gasteiger partial charge in [0.1, 0.15) is 12.1 Å². The van der Waals surface area contributed by atoms with E-state index in [2.05, 4.69) is 55.7 Å². The van der Waals surface area contributed by atoms with Crippen LogP contribution in [-0.2, 0) is 39.2 Å². The van der Waals surface area contributed by atoms with E-state index in [1.165, 1.54) is 29.6 Å². The second-order valence-electron chi connectivity index (χ2n) is 18.2. The maximum atomic E-state index is 14.5. The van der Waals surface area contributed by atoms with Gasteiger partial charge in [-0.25, -0.2) is 26.8 Å². The van der Waals surface area contributed by atoms with Crippen molar-refractivity contribution in [3.63, 3.8) is 0 Å². The Balaban J connectivity index is 0.987. The molecule has 1 saturated heterocycles. The van der Waals surface area contributed by atoms with E-state index >= 15 is 0 Å². The first-order valence-electron chi connectivity index (χ1n) is 22.4. The topological polar surface area (TPSA) is 116 Å². The van der Waals surface area contributed by atoms with Crippen molar-refractivity contribution in [1.82, 2.24) is 24.7 Å². The maximum absolute atomic E-state index is 14.5. The number of benzene rings is 4. The molecule has 2 atom stereocenters. The van der Waals surface area contributed by atoms with Crippen LogP contribution < -0.4 is 4.72 Å². The van der Waals surface area contributed by atoms with Gasteiger partial charge in [0.05, 0.1) is 15.5 Å². The number of nitrogens with zero attached hydrogens (tertiary/aromatic N) is 5. The van der Waals surface area contributed by atoms with Crippen molar-refractivity contribution in [1.29, 1.82) is 0 Å². The molecule has 8 rings (SSSR count). The first kappa shape index (κ1) is 48.4. The second kappa shape index (κ2) is 19.9. The van der Waals surface area contributed by atoms with Gasteiger partial charge >= 0.3 is 5.51 Å². The number of fused-ring (bicyclic) bond motifs is 1. The minimum absolute atomic E-state index is 0.0290. The van der Waals surface area contributed by atoms with Gasteiger partial charge in [-0.3, -0.25) is 14.5 Å². The standard InChI is InChI=1S/C49H56ClF3N6O4S3/c1-34(42-11-7-8-12-43(42)35-13-18-38(50)19-14-35)58-25-21-39(22-26-58)59-27-23-44-45(31-59)54-33-55-47(44)56-66(62,63)41-20-15-36(46(29-41)65(60,61)49(51,52)53)30-48(37-16-17-37,24-28-57(2)3)32-64-40-9-5-4-6-10-40/h4-15,18-20,29,33-34,37,39H,16-17,21-28,30-32H2,1-3H3,(H,54,55,56)/t34?,48-/m0/s1. The van der Waals surface area contributed by atoms with Gasteiger partial charge < -0.3 is 4.90 Å². The first-order chi connectivity index (χ1) is 31.4. The van der Waals surface area contributed by atoms with Crippen LogP contribution in [0, 0.1) is 11.3 Å². The number of hydrogen-bond donors (Lipinski definition) is 1. The third kappa shape index (κ3) is 10.8. The van der Waals surface area contributed by atoms with Gasteiger partial charge in [0.2, 0.25) is 0 Å². The van der Waals surface area contributed by atoms with E-state index in [0.717, 1.165) is 49.2 Å². The molecule has 352 valence electrons. The lowest BCUT2D eigenvalue weighted by atomic mass is 9.76. The zero-order valence-corrected chi connectivity index (χ0v) is 40.6. The summed E-state index contributed by atoms with van der Waals surface area (Å²) in [5.41, 5.74) is -1.42. The van der Waals surface area contributed by atoms with Crippen LogP contribution in [0.15, 0.2) is 118 Å². The number of alkyl halides is 3. The van der Waals surface area contributed by atoms with Crippen LogP contribution in [-0.4, -0.2) is 99.1 Å². The molecule has 66 heavy (non-hydrogen) atoms. The Morgan fingerprint density at radius 2 is 1.58 bits per heavy atom. The summed E-state index contributed by atoms with van der Waals surface area (Å²) < 4.78 is 101. The van der Waals surface area contributed by atoms with Gasteiger partial charge in [0, 0.05) is 59.5 Å². The van der Waals surface area contributed by atoms with E-state index in [9.17, 15) is 30.0 Å². The fourth-order valence-corrected chi connectivity index (χ4v) is 13.3. The number of thioether (sulfide) groups is 1. The van der Waals surface area contributed by atoms with Crippen LogP contribution in [0.1, 0.15) is 67.5 Å². The maximum Gasteiger partial charge on any atom is 0.501 e. The third-order valence-corrected chi connectivity index (χ3v) is 18.1. The summed E-state index contributed by atoms with van der Waals surface area (Å²) in [7, 11) is -6.71. The van der Waals surface area contributed by atoms with Crippen LogP contribution in [0.2, 0.25) is 5.02 Å². The van der Waals surface area contributed by atoms with Crippen molar-refractivity contribution >= 4 is 49.0 Å². The quantitative estimate of drug-likeness (QED) is 0.0903. The zero-order chi connectivity index (χ0) is 46.9. The van der Waals surface area contributed by atoms with E-state index in [0.29, 0.717) is 60.6 Å². The van der Waals surface area contributed by atoms with Crippen molar-refractivity contribution in [3.8, 4) is 11.1 Å². The Hall–Kier alpha value is -4.03. The number of aromatic nitrogens is 2. The molecule has 3 heterocycles. The predicted octanol–water partition coefficient (Wildman–Crippen LogP) is 10.2. The molecule has 2 aliphatic heterocycles. The van der Waals surface area contributed by atoms with E-state index in [1.807, 2.05) is 73.6 Å². The molecule has 2 fully saturated rings. The van der Waals surface area contributed by atoms with Crippen LogP contribution in [0.5, 0.6) is 0 Å². The summed E-state index contributed by atoms with van der Waals surface area (Å²) in [6, 6.07) is 29.7. The molecule has 1 unspecified atom stereocenters. The lowest BCUT2D eigenvalue weighted by Gasteiger charge is -2.42. The molecule has 10 nitrogen and oxygen atoms in total. The van der Waals surface area contributed by atoms with Gasteiger partial charge in [-0.05, 0) is 142 Å². The summed E-state index contributed by atoms with van der Waals surface area (Å²) in [5, 5.41) is 0.698. The Kier molecular flexibility index (Phi) is 14.6. The van der Waals surface area contributed by atoms with Crippen molar-refractivity contribution in [2.24, 2.45) is 11.3 Å².